The van der Waals surface area contributed by atoms with Crippen LogP contribution >= 0.6 is 11.6 Å². The maximum absolute atomic E-state index is 12.4. The minimum absolute atomic E-state index is 0.0261. The number of hydrogen-bond donors (Lipinski definition) is 0. The molecule has 0 aliphatic carbocycles. The van der Waals surface area contributed by atoms with E-state index in [1.54, 1.807) is 11.8 Å². The summed E-state index contributed by atoms with van der Waals surface area (Å²) >= 11 is 6.21. The average Bonchev–Trinajstić information content (AvgIpc) is 2.81. The molecule has 1 amide bonds. The van der Waals surface area contributed by atoms with E-state index in [0.29, 0.717) is 11.6 Å². The molecule has 7 heteroatoms. The van der Waals surface area contributed by atoms with E-state index < -0.39 is 0 Å². The molecule has 0 unspecified atom stereocenters. The van der Waals surface area contributed by atoms with Crippen LogP contribution in [0.3, 0.4) is 0 Å². The molecule has 0 saturated carbocycles. The van der Waals surface area contributed by atoms with Crippen LogP contribution in [0.15, 0.2) is 48.8 Å². The van der Waals surface area contributed by atoms with Crippen molar-refractivity contribution in [3.05, 3.63) is 70.5 Å². The lowest BCUT2D eigenvalue weighted by molar-refractivity contribution is -0.116. The molecule has 2 aromatic heterocycles. The Morgan fingerprint density at radius 1 is 1.00 bits per heavy atom. The lowest BCUT2D eigenvalue weighted by atomic mass is 10.0. The maximum atomic E-state index is 12.4. The first-order chi connectivity index (χ1) is 15.6. The van der Waals surface area contributed by atoms with Gasteiger partial charge in [-0.25, -0.2) is 4.98 Å². The van der Waals surface area contributed by atoms with E-state index >= 15 is 0 Å². The lowest BCUT2D eigenvalue weighted by Crippen LogP contribution is -2.36. The van der Waals surface area contributed by atoms with Gasteiger partial charge in [-0.3, -0.25) is 9.78 Å². The van der Waals surface area contributed by atoms with Crippen LogP contribution in [0.5, 0.6) is 0 Å². The first-order valence-electron chi connectivity index (χ1n) is 10.6. The summed E-state index contributed by atoms with van der Waals surface area (Å²) in [5, 5.41) is 0.638. The fourth-order valence-electron chi connectivity index (χ4n) is 4.08. The Hall–Kier alpha value is -3.22. The Morgan fingerprint density at radius 2 is 1.81 bits per heavy atom. The molecule has 3 aromatic rings. The summed E-state index contributed by atoms with van der Waals surface area (Å²) in [7, 11) is 0. The summed E-state index contributed by atoms with van der Waals surface area (Å²) in [6.45, 7) is 5.19. The number of fused-ring (bicyclic) bond motifs is 2. The highest BCUT2D eigenvalue weighted by Gasteiger charge is 2.20. The van der Waals surface area contributed by atoms with Crippen LogP contribution in [0.25, 0.3) is 23.4 Å². The summed E-state index contributed by atoms with van der Waals surface area (Å²) in [5.41, 5.74) is 5.55. The van der Waals surface area contributed by atoms with Gasteiger partial charge >= 0.3 is 0 Å². The molecule has 2 aliphatic rings. The minimum Gasteiger partial charge on any atom is -0.378 e. The monoisotopic (exact) mass is 446 g/mol. The Balaban J connectivity index is 1.48. The zero-order chi connectivity index (χ0) is 22.1. The number of amides is 1. The van der Waals surface area contributed by atoms with Crippen molar-refractivity contribution in [3.8, 4) is 11.3 Å². The predicted molar refractivity (Wildman–Crippen MR) is 128 cm³/mol. The Kier molecular flexibility index (Phi) is 5.64. The van der Waals surface area contributed by atoms with Crippen LogP contribution in [-0.2, 0) is 16.1 Å². The number of hydrogen-bond acceptors (Lipinski definition) is 5. The fraction of sp³-hybridized carbons (Fsp3) is 0.240. The van der Waals surface area contributed by atoms with Gasteiger partial charge in [0.2, 0.25) is 5.91 Å². The van der Waals surface area contributed by atoms with Crippen molar-refractivity contribution >= 4 is 41.2 Å². The summed E-state index contributed by atoms with van der Waals surface area (Å²) in [6, 6.07) is 11.7. The predicted octanol–water partition coefficient (Wildman–Crippen LogP) is 4.67. The number of carbonyl (C=O) groups is 1. The zero-order valence-corrected chi connectivity index (χ0v) is 18.5. The van der Waals surface area contributed by atoms with E-state index in [1.807, 2.05) is 48.8 Å². The summed E-state index contributed by atoms with van der Waals surface area (Å²) in [6.07, 6.45) is 7.77. The molecule has 162 valence electrons. The highest BCUT2D eigenvalue weighted by Crippen LogP contribution is 2.32. The van der Waals surface area contributed by atoms with Crippen molar-refractivity contribution in [2.45, 2.75) is 13.5 Å². The van der Waals surface area contributed by atoms with Crippen molar-refractivity contribution in [3.63, 3.8) is 0 Å². The van der Waals surface area contributed by atoms with Crippen LogP contribution in [0.2, 0.25) is 5.02 Å². The SMILES string of the molecule is CC(=O)N1Cc2cnc(-c3ccc(N4CCOCC4)nc3)cc2/C=C\c2cc(Cl)ccc21. The van der Waals surface area contributed by atoms with Gasteiger partial charge in [0.05, 0.1) is 31.1 Å². The van der Waals surface area contributed by atoms with Gasteiger partial charge in [-0.2, -0.15) is 0 Å². The molecule has 1 saturated heterocycles. The van der Waals surface area contributed by atoms with Crippen LogP contribution in [0, 0.1) is 0 Å². The number of anilines is 2. The molecule has 0 atom stereocenters. The van der Waals surface area contributed by atoms with E-state index in [4.69, 9.17) is 16.3 Å². The molecule has 1 fully saturated rings. The molecular weight excluding hydrogens is 424 g/mol. The molecule has 32 heavy (non-hydrogen) atoms. The van der Waals surface area contributed by atoms with Crippen molar-refractivity contribution < 1.29 is 9.53 Å². The Bertz CT molecular complexity index is 1190. The largest absolute Gasteiger partial charge is 0.378 e. The van der Waals surface area contributed by atoms with Crippen molar-refractivity contribution in [2.24, 2.45) is 0 Å². The van der Waals surface area contributed by atoms with Gasteiger partial charge in [-0.05, 0) is 53.1 Å². The fourth-order valence-corrected chi connectivity index (χ4v) is 4.26. The second kappa shape index (κ2) is 8.73. The quantitative estimate of drug-likeness (QED) is 0.572. The van der Waals surface area contributed by atoms with Crippen LogP contribution < -0.4 is 9.80 Å². The van der Waals surface area contributed by atoms with Gasteiger partial charge in [0.15, 0.2) is 0 Å². The number of halogens is 1. The number of aromatic nitrogens is 2. The summed E-state index contributed by atoms with van der Waals surface area (Å²) < 4.78 is 5.42. The summed E-state index contributed by atoms with van der Waals surface area (Å²) in [4.78, 5) is 25.7. The third-order valence-corrected chi connectivity index (χ3v) is 6.07. The van der Waals surface area contributed by atoms with Crippen LogP contribution in [0.1, 0.15) is 23.6 Å². The third kappa shape index (κ3) is 4.11. The second-order valence-electron chi connectivity index (χ2n) is 7.91. The van der Waals surface area contributed by atoms with Crippen molar-refractivity contribution in [1.29, 1.82) is 0 Å². The van der Waals surface area contributed by atoms with Gasteiger partial charge in [0.1, 0.15) is 5.82 Å². The smallest absolute Gasteiger partial charge is 0.224 e. The van der Waals surface area contributed by atoms with E-state index in [0.717, 1.165) is 65.8 Å². The van der Waals surface area contributed by atoms with E-state index in [1.165, 1.54) is 0 Å². The Labute approximate surface area is 192 Å². The number of carbonyl (C=O) groups excluding carboxylic acids is 1. The maximum Gasteiger partial charge on any atom is 0.224 e. The third-order valence-electron chi connectivity index (χ3n) is 5.83. The first-order valence-corrected chi connectivity index (χ1v) is 11.0. The van der Waals surface area contributed by atoms with Gasteiger partial charge in [-0.15, -0.1) is 0 Å². The minimum atomic E-state index is -0.0261. The van der Waals surface area contributed by atoms with Gasteiger partial charge in [-0.1, -0.05) is 23.8 Å². The molecule has 6 nitrogen and oxygen atoms in total. The van der Waals surface area contributed by atoms with E-state index in [2.05, 4.69) is 27.0 Å². The van der Waals surface area contributed by atoms with Crippen LogP contribution in [0.4, 0.5) is 11.5 Å². The van der Waals surface area contributed by atoms with Gasteiger partial charge in [0, 0.05) is 43.0 Å². The molecule has 1 aromatic carbocycles. The molecule has 0 bridgehead atoms. The van der Waals surface area contributed by atoms with Gasteiger partial charge in [0.25, 0.3) is 0 Å². The van der Waals surface area contributed by atoms with Crippen molar-refractivity contribution in [1.82, 2.24) is 9.97 Å². The number of ether oxygens (including phenoxy) is 1. The molecule has 0 radical (unpaired) electrons. The number of benzene rings is 1. The first kappa shape index (κ1) is 20.7. The van der Waals surface area contributed by atoms with Gasteiger partial charge < -0.3 is 14.5 Å². The molecule has 0 spiro atoms. The molecule has 2 aliphatic heterocycles. The highest BCUT2D eigenvalue weighted by atomic mass is 35.5. The summed E-state index contributed by atoms with van der Waals surface area (Å²) in [5.74, 6) is 0.926. The van der Waals surface area contributed by atoms with Crippen LogP contribution in [-0.4, -0.2) is 42.2 Å². The lowest BCUT2D eigenvalue weighted by Gasteiger charge is -2.27. The zero-order valence-electron chi connectivity index (χ0n) is 17.8. The highest BCUT2D eigenvalue weighted by molar-refractivity contribution is 6.30. The molecule has 5 rings (SSSR count). The Morgan fingerprint density at radius 3 is 2.56 bits per heavy atom. The van der Waals surface area contributed by atoms with E-state index in [-0.39, 0.29) is 5.91 Å². The number of pyridine rings is 2. The number of morpholine rings is 1. The topological polar surface area (TPSA) is 58.6 Å². The number of rotatable bonds is 2. The molecule has 0 N–H and O–H groups in total. The van der Waals surface area contributed by atoms with Crippen molar-refractivity contribution in [2.75, 3.05) is 36.1 Å². The normalized spacial score (nSPS) is 16.6. The standard InChI is InChI=1S/C25H23ClN4O2/c1-17(31)30-16-21-15-27-23(13-18(21)2-3-19-12-22(26)5-6-24(19)30)20-4-7-25(28-14-20)29-8-10-32-11-9-29/h2-7,12-15H,8-11,16H2,1H3/b3-2-. The molecular formula is C25H23ClN4O2. The molecule has 4 heterocycles. The van der Waals surface area contributed by atoms with E-state index in [9.17, 15) is 4.79 Å². The second-order valence-corrected chi connectivity index (χ2v) is 8.35. The number of nitrogens with zero attached hydrogens (tertiary/aromatic N) is 4. The average molecular weight is 447 g/mol.